The van der Waals surface area contributed by atoms with E-state index in [1.807, 2.05) is 12.1 Å². The van der Waals surface area contributed by atoms with E-state index in [4.69, 9.17) is 11.6 Å². The molecule has 1 aromatic carbocycles. The van der Waals surface area contributed by atoms with Crippen molar-refractivity contribution < 1.29 is 0 Å². The molecule has 0 amide bonds. The van der Waals surface area contributed by atoms with Gasteiger partial charge in [0.1, 0.15) is 0 Å². The van der Waals surface area contributed by atoms with Crippen molar-refractivity contribution in [1.29, 1.82) is 0 Å². The summed E-state index contributed by atoms with van der Waals surface area (Å²) in [7, 11) is 0. The molecule has 0 radical (unpaired) electrons. The van der Waals surface area contributed by atoms with Gasteiger partial charge in [0.15, 0.2) is 0 Å². The van der Waals surface area contributed by atoms with Crippen molar-refractivity contribution in [3.8, 4) is 0 Å². The Bertz CT molecular complexity index is 453. The maximum Gasteiger partial charge on any atom is 0.0409 e. The molecule has 1 fully saturated rings. The predicted octanol–water partition coefficient (Wildman–Crippen LogP) is 4.11. The van der Waals surface area contributed by atoms with E-state index >= 15 is 0 Å². The Kier molecular flexibility index (Phi) is 4.78. The molecule has 0 bridgehead atoms. The van der Waals surface area contributed by atoms with Crippen molar-refractivity contribution in [1.82, 2.24) is 10.2 Å². The molecule has 0 saturated carbocycles. The van der Waals surface area contributed by atoms with Crippen molar-refractivity contribution in [2.45, 2.75) is 52.7 Å². The van der Waals surface area contributed by atoms with E-state index in [1.54, 1.807) is 0 Å². The Morgan fingerprint density at radius 3 is 2.65 bits per heavy atom. The van der Waals surface area contributed by atoms with Gasteiger partial charge in [0.05, 0.1) is 0 Å². The van der Waals surface area contributed by atoms with Crippen LogP contribution in [0.15, 0.2) is 24.3 Å². The monoisotopic (exact) mass is 294 g/mol. The van der Waals surface area contributed by atoms with Crippen LogP contribution in [0.5, 0.6) is 0 Å². The van der Waals surface area contributed by atoms with E-state index in [-0.39, 0.29) is 5.41 Å². The van der Waals surface area contributed by atoms with Gasteiger partial charge in [-0.2, -0.15) is 0 Å². The second-order valence-electron chi connectivity index (χ2n) is 7.10. The van der Waals surface area contributed by atoms with E-state index in [1.165, 1.54) is 5.56 Å². The van der Waals surface area contributed by atoms with Crippen LogP contribution in [0.2, 0.25) is 5.02 Å². The van der Waals surface area contributed by atoms with Crippen molar-refractivity contribution in [2.75, 3.05) is 13.1 Å². The summed E-state index contributed by atoms with van der Waals surface area (Å²) < 4.78 is 0. The van der Waals surface area contributed by atoms with Crippen LogP contribution in [-0.4, -0.2) is 30.1 Å². The van der Waals surface area contributed by atoms with Crippen LogP contribution in [0.25, 0.3) is 0 Å². The molecule has 0 aliphatic carbocycles. The number of benzene rings is 1. The molecule has 20 heavy (non-hydrogen) atoms. The van der Waals surface area contributed by atoms with Gasteiger partial charge >= 0.3 is 0 Å². The first kappa shape index (κ1) is 15.8. The van der Waals surface area contributed by atoms with Crippen LogP contribution in [0.3, 0.4) is 0 Å². The molecule has 0 spiro atoms. The fraction of sp³-hybridized carbons (Fsp3) is 0.647. The van der Waals surface area contributed by atoms with E-state index in [0.29, 0.717) is 18.1 Å². The van der Waals surface area contributed by atoms with Crippen molar-refractivity contribution >= 4 is 11.6 Å². The molecule has 2 rings (SSSR count). The Morgan fingerprint density at radius 1 is 1.35 bits per heavy atom. The number of nitrogens with zero attached hydrogens (tertiary/aromatic N) is 1. The van der Waals surface area contributed by atoms with E-state index in [9.17, 15) is 0 Å². The molecule has 3 unspecified atom stereocenters. The largest absolute Gasteiger partial charge is 0.311 e. The summed E-state index contributed by atoms with van der Waals surface area (Å²) >= 11 is 6.13. The highest BCUT2D eigenvalue weighted by molar-refractivity contribution is 6.30. The zero-order chi connectivity index (χ0) is 14.9. The number of piperazine rings is 1. The van der Waals surface area contributed by atoms with E-state index < -0.39 is 0 Å². The van der Waals surface area contributed by atoms with Gasteiger partial charge in [-0.25, -0.2) is 0 Å². The molecular formula is C17H27ClN2. The van der Waals surface area contributed by atoms with Crippen molar-refractivity contribution in [3.05, 3.63) is 34.9 Å². The van der Waals surface area contributed by atoms with Gasteiger partial charge in [0.2, 0.25) is 0 Å². The van der Waals surface area contributed by atoms with Crippen LogP contribution >= 0.6 is 11.6 Å². The molecule has 1 aliphatic rings. The number of halogens is 1. The highest BCUT2D eigenvalue weighted by Crippen LogP contribution is 2.30. The van der Waals surface area contributed by atoms with E-state index in [2.05, 4.69) is 57.0 Å². The van der Waals surface area contributed by atoms with Crippen LogP contribution in [0.4, 0.5) is 0 Å². The maximum absolute atomic E-state index is 6.13. The van der Waals surface area contributed by atoms with Crippen molar-refractivity contribution in [2.24, 2.45) is 5.41 Å². The maximum atomic E-state index is 6.13. The molecule has 112 valence electrons. The molecule has 1 aliphatic heterocycles. The predicted molar refractivity (Wildman–Crippen MR) is 87.3 cm³/mol. The molecule has 1 saturated heterocycles. The van der Waals surface area contributed by atoms with Crippen LogP contribution in [-0.2, 0) is 0 Å². The zero-order valence-corrected chi connectivity index (χ0v) is 14.0. The first-order valence-corrected chi connectivity index (χ1v) is 7.91. The Hall–Kier alpha value is -0.570. The summed E-state index contributed by atoms with van der Waals surface area (Å²) in [5.41, 5.74) is 1.59. The van der Waals surface area contributed by atoms with Crippen LogP contribution < -0.4 is 5.32 Å². The second-order valence-corrected chi connectivity index (χ2v) is 7.54. The Labute approximate surface area is 128 Å². The van der Waals surface area contributed by atoms with E-state index in [0.717, 1.165) is 18.1 Å². The standard InChI is InChI=1S/C17H27ClN2/c1-12-10-19-16(17(3,4)5)11-20(12)13(2)14-7-6-8-15(18)9-14/h6-9,12-13,16,19H,10-11H2,1-5H3. The van der Waals surface area contributed by atoms with Gasteiger partial charge in [-0.3, -0.25) is 4.90 Å². The quantitative estimate of drug-likeness (QED) is 0.883. The molecule has 3 heteroatoms. The smallest absolute Gasteiger partial charge is 0.0409 e. The third kappa shape index (κ3) is 3.55. The second kappa shape index (κ2) is 6.05. The fourth-order valence-corrected chi connectivity index (χ4v) is 3.16. The first-order valence-electron chi connectivity index (χ1n) is 7.53. The molecular weight excluding hydrogens is 268 g/mol. The third-order valence-corrected chi connectivity index (χ3v) is 4.73. The summed E-state index contributed by atoms with van der Waals surface area (Å²) in [5, 5.41) is 4.51. The Balaban J connectivity index is 2.17. The summed E-state index contributed by atoms with van der Waals surface area (Å²) in [6.07, 6.45) is 0. The summed E-state index contributed by atoms with van der Waals surface area (Å²) in [6.45, 7) is 13.6. The molecule has 1 aromatic rings. The fourth-order valence-electron chi connectivity index (χ4n) is 2.96. The topological polar surface area (TPSA) is 15.3 Å². The number of nitrogens with one attached hydrogen (secondary N) is 1. The highest BCUT2D eigenvalue weighted by Gasteiger charge is 2.34. The van der Waals surface area contributed by atoms with Gasteiger partial charge < -0.3 is 5.32 Å². The Morgan fingerprint density at radius 2 is 2.05 bits per heavy atom. The van der Waals surface area contributed by atoms with Gasteiger partial charge in [-0.05, 0) is 37.0 Å². The zero-order valence-electron chi connectivity index (χ0n) is 13.3. The number of rotatable bonds is 2. The van der Waals surface area contributed by atoms with Gasteiger partial charge in [0, 0.05) is 36.2 Å². The van der Waals surface area contributed by atoms with Gasteiger partial charge in [0.25, 0.3) is 0 Å². The third-order valence-electron chi connectivity index (χ3n) is 4.49. The number of hydrogen-bond donors (Lipinski definition) is 1. The van der Waals surface area contributed by atoms with Gasteiger partial charge in [-0.15, -0.1) is 0 Å². The van der Waals surface area contributed by atoms with Gasteiger partial charge in [-0.1, -0.05) is 44.5 Å². The minimum Gasteiger partial charge on any atom is -0.311 e. The van der Waals surface area contributed by atoms with Crippen LogP contribution in [0, 0.1) is 5.41 Å². The lowest BCUT2D eigenvalue weighted by Crippen LogP contribution is -2.59. The molecule has 1 heterocycles. The molecule has 2 nitrogen and oxygen atoms in total. The average Bonchev–Trinajstić information content (AvgIpc) is 2.37. The normalized spacial score (nSPS) is 26.5. The molecule has 3 atom stereocenters. The number of hydrogen-bond acceptors (Lipinski definition) is 2. The highest BCUT2D eigenvalue weighted by atomic mass is 35.5. The lowest BCUT2D eigenvalue weighted by molar-refractivity contribution is 0.0628. The molecule has 1 N–H and O–H groups in total. The SMILES string of the molecule is CC1CNC(C(C)(C)C)CN1C(C)c1cccc(Cl)c1. The average molecular weight is 295 g/mol. The lowest BCUT2D eigenvalue weighted by atomic mass is 9.84. The molecule has 0 aromatic heterocycles. The summed E-state index contributed by atoms with van der Waals surface area (Å²) in [6, 6.07) is 9.72. The minimum absolute atomic E-state index is 0.284. The first-order chi connectivity index (χ1) is 9.29. The van der Waals surface area contributed by atoms with Crippen molar-refractivity contribution in [3.63, 3.8) is 0 Å². The van der Waals surface area contributed by atoms with Crippen LogP contribution in [0.1, 0.15) is 46.2 Å². The lowest BCUT2D eigenvalue weighted by Gasteiger charge is -2.46. The minimum atomic E-state index is 0.284. The summed E-state index contributed by atoms with van der Waals surface area (Å²) in [5.74, 6) is 0. The summed E-state index contributed by atoms with van der Waals surface area (Å²) in [4.78, 5) is 2.60.